The molecular formula is C20H20ClN3O2. The van der Waals surface area contributed by atoms with Crippen molar-refractivity contribution in [2.24, 2.45) is 0 Å². The van der Waals surface area contributed by atoms with Gasteiger partial charge in [-0.1, -0.05) is 55.4 Å². The number of carbonyl (C=O) groups is 1. The number of halogens is 1. The molecular weight excluding hydrogens is 350 g/mol. The van der Waals surface area contributed by atoms with Crippen LogP contribution in [-0.4, -0.2) is 11.0 Å². The lowest BCUT2D eigenvalue weighted by Gasteiger charge is -2.10. The number of ether oxygens (including phenoxy) is 1. The number of rotatable bonds is 5. The van der Waals surface area contributed by atoms with Gasteiger partial charge in [-0.15, -0.1) is 0 Å². The Morgan fingerprint density at radius 3 is 2.42 bits per heavy atom. The fourth-order valence-corrected chi connectivity index (χ4v) is 2.35. The second-order valence-electron chi connectivity index (χ2n) is 5.25. The molecule has 3 aromatic rings. The predicted octanol–water partition coefficient (Wildman–Crippen LogP) is 5.59. The van der Waals surface area contributed by atoms with Crippen LogP contribution in [0.3, 0.4) is 0 Å². The summed E-state index contributed by atoms with van der Waals surface area (Å²) in [6, 6.07) is 19.9. The van der Waals surface area contributed by atoms with Crippen molar-refractivity contribution in [3.8, 4) is 5.75 Å². The Kier molecular flexibility index (Phi) is 7.00. The van der Waals surface area contributed by atoms with Gasteiger partial charge in [-0.25, -0.2) is 9.78 Å². The van der Waals surface area contributed by atoms with E-state index in [1.54, 1.807) is 24.3 Å². The van der Waals surface area contributed by atoms with Crippen LogP contribution in [0, 0.1) is 0 Å². The van der Waals surface area contributed by atoms with Gasteiger partial charge in [0, 0.05) is 23.6 Å². The summed E-state index contributed by atoms with van der Waals surface area (Å²) in [5, 5.41) is 5.76. The average Bonchev–Trinajstić information content (AvgIpc) is 2.61. The van der Waals surface area contributed by atoms with Gasteiger partial charge < -0.3 is 15.4 Å². The quantitative estimate of drug-likeness (QED) is 0.576. The molecule has 2 amide bonds. The van der Waals surface area contributed by atoms with Gasteiger partial charge in [0.05, 0.1) is 0 Å². The maximum atomic E-state index is 12.1. The summed E-state index contributed by atoms with van der Waals surface area (Å²) < 4.78 is 5.75. The van der Waals surface area contributed by atoms with Crippen LogP contribution >= 0.6 is 11.6 Å². The molecule has 2 aromatic carbocycles. The highest BCUT2D eigenvalue weighted by Gasteiger charge is 2.05. The van der Waals surface area contributed by atoms with Gasteiger partial charge in [0.25, 0.3) is 0 Å². The molecule has 0 bridgehead atoms. The lowest BCUT2D eigenvalue weighted by atomic mass is 10.2. The van der Waals surface area contributed by atoms with Crippen LogP contribution in [0.2, 0.25) is 5.15 Å². The number of hydrogen-bond donors (Lipinski definition) is 2. The van der Waals surface area contributed by atoms with E-state index in [1.807, 2.05) is 42.5 Å². The van der Waals surface area contributed by atoms with Crippen LogP contribution in [0.25, 0.3) is 0 Å². The summed E-state index contributed by atoms with van der Waals surface area (Å²) in [5.74, 6) is 0.675. The van der Waals surface area contributed by atoms with Crippen molar-refractivity contribution in [3.05, 3.63) is 83.6 Å². The van der Waals surface area contributed by atoms with Gasteiger partial charge in [0.1, 0.15) is 17.5 Å². The number of nitrogens with zero attached hydrogens (tertiary/aromatic N) is 1. The summed E-state index contributed by atoms with van der Waals surface area (Å²) >= 11 is 5.80. The molecule has 2 N–H and O–H groups in total. The second kappa shape index (κ2) is 9.44. The van der Waals surface area contributed by atoms with E-state index in [9.17, 15) is 4.79 Å². The number of nitrogens with one attached hydrogen (secondary N) is 2. The molecule has 0 saturated carbocycles. The van der Waals surface area contributed by atoms with E-state index in [2.05, 4.69) is 15.6 Å². The monoisotopic (exact) mass is 369 g/mol. The van der Waals surface area contributed by atoms with Crippen LogP contribution in [0.15, 0.2) is 72.9 Å². The van der Waals surface area contributed by atoms with Crippen LogP contribution < -0.4 is 15.4 Å². The van der Waals surface area contributed by atoms with Crippen molar-refractivity contribution in [1.82, 2.24) is 4.98 Å². The first-order valence-electron chi connectivity index (χ1n) is 7.65. The zero-order valence-corrected chi connectivity index (χ0v) is 14.0. The lowest BCUT2D eigenvalue weighted by Crippen LogP contribution is -2.19. The number of urea groups is 1. The van der Waals surface area contributed by atoms with Gasteiger partial charge in [0.2, 0.25) is 0 Å². The first-order chi connectivity index (χ1) is 12.2. The summed E-state index contributed by atoms with van der Waals surface area (Å²) in [5.41, 5.74) is 2.27. The molecule has 0 aliphatic carbocycles. The van der Waals surface area contributed by atoms with Crippen molar-refractivity contribution < 1.29 is 9.53 Å². The number of pyridine rings is 1. The summed E-state index contributed by atoms with van der Waals surface area (Å²) in [7, 11) is 0. The van der Waals surface area contributed by atoms with Crippen molar-refractivity contribution in [1.29, 1.82) is 0 Å². The lowest BCUT2D eigenvalue weighted by molar-refractivity contribution is 0.262. The molecule has 0 saturated heterocycles. The molecule has 1 heterocycles. The van der Waals surface area contributed by atoms with E-state index in [0.29, 0.717) is 28.9 Å². The standard InChI is InChI=1S/C19H16ClN3O2.CH4/c20-18-12-16(9-10-21-18)23-19(24)22-15-7-4-8-17(11-15)25-13-14-5-2-1-3-6-14;/h1-12H,13H2,(H2,21,22,23,24);1H4. The number of hydrogen-bond acceptors (Lipinski definition) is 3. The van der Waals surface area contributed by atoms with Gasteiger partial charge in [-0.2, -0.15) is 0 Å². The minimum absolute atomic E-state index is 0. The molecule has 1 aromatic heterocycles. The first kappa shape index (κ1) is 19.3. The minimum atomic E-state index is -0.373. The first-order valence-corrected chi connectivity index (χ1v) is 8.03. The maximum absolute atomic E-state index is 12.1. The number of benzene rings is 2. The largest absolute Gasteiger partial charge is 0.489 e. The predicted molar refractivity (Wildman–Crippen MR) is 106 cm³/mol. The minimum Gasteiger partial charge on any atom is -0.489 e. The van der Waals surface area contributed by atoms with Crippen molar-refractivity contribution in [2.45, 2.75) is 14.0 Å². The Balaban J connectivity index is 0.00000243. The molecule has 6 heteroatoms. The topological polar surface area (TPSA) is 63.2 Å². The zero-order chi connectivity index (χ0) is 17.5. The van der Waals surface area contributed by atoms with E-state index >= 15 is 0 Å². The van der Waals surface area contributed by atoms with Crippen molar-refractivity contribution in [3.63, 3.8) is 0 Å². The third kappa shape index (κ3) is 5.79. The highest BCUT2D eigenvalue weighted by molar-refractivity contribution is 6.29. The molecule has 0 atom stereocenters. The third-order valence-electron chi connectivity index (χ3n) is 3.32. The van der Waals surface area contributed by atoms with Crippen LogP contribution in [-0.2, 0) is 6.61 Å². The van der Waals surface area contributed by atoms with E-state index in [4.69, 9.17) is 16.3 Å². The smallest absolute Gasteiger partial charge is 0.323 e. The van der Waals surface area contributed by atoms with E-state index < -0.39 is 0 Å². The molecule has 0 fully saturated rings. The van der Waals surface area contributed by atoms with E-state index in [0.717, 1.165) is 5.56 Å². The summed E-state index contributed by atoms with van der Waals surface area (Å²) in [4.78, 5) is 15.9. The maximum Gasteiger partial charge on any atom is 0.323 e. The highest BCUT2D eigenvalue weighted by Crippen LogP contribution is 2.19. The van der Waals surface area contributed by atoms with E-state index in [1.165, 1.54) is 6.20 Å². The number of anilines is 2. The molecule has 0 spiro atoms. The number of carbonyl (C=O) groups excluding carboxylic acids is 1. The average molecular weight is 370 g/mol. The molecule has 0 aliphatic rings. The molecule has 134 valence electrons. The highest BCUT2D eigenvalue weighted by atomic mass is 35.5. The fraction of sp³-hybridized carbons (Fsp3) is 0.100. The molecule has 5 nitrogen and oxygen atoms in total. The van der Waals surface area contributed by atoms with Gasteiger partial charge >= 0.3 is 6.03 Å². The normalized spacial score (nSPS) is 9.73. The van der Waals surface area contributed by atoms with Gasteiger partial charge in [-0.3, -0.25) is 0 Å². The van der Waals surface area contributed by atoms with Crippen LogP contribution in [0.5, 0.6) is 5.75 Å². The Bertz CT molecular complexity index is 856. The van der Waals surface area contributed by atoms with Crippen LogP contribution in [0.1, 0.15) is 13.0 Å². The number of aromatic nitrogens is 1. The molecule has 26 heavy (non-hydrogen) atoms. The van der Waals surface area contributed by atoms with Gasteiger partial charge in [-0.05, 0) is 29.8 Å². The third-order valence-corrected chi connectivity index (χ3v) is 3.53. The molecule has 3 rings (SSSR count). The molecule has 0 unspecified atom stereocenters. The second-order valence-corrected chi connectivity index (χ2v) is 5.64. The van der Waals surface area contributed by atoms with Gasteiger partial charge in [0.15, 0.2) is 0 Å². The van der Waals surface area contributed by atoms with Crippen LogP contribution in [0.4, 0.5) is 16.2 Å². The zero-order valence-electron chi connectivity index (χ0n) is 13.3. The Labute approximate surface area is 158 Å². The van der Waals surface area contributed by atoms with E-state index in [-0.39, 0.29) is 13.5 Å². The van der Waals surface area contributed by atoms with Crippen molar-refractivity contribution >= 4 is 29.0 Å². The van der Waals surface area contributed by atoms with Crippen molar-refractivity contribution in [2.75, 3.05) is 10.6 Å². The number of amides is 2. The summed E-state index contributed by atoms with van der Waals surface area (Å²) in [6.45, 7) is 0.464. The fourth-order valence-electron chi connectivity index (χ4n) is 2.18. The Hall–Kier alpha value is -3.05. The Morgan fingerprint density at radius 1 is 0.962 bits per heavy atom. The molecule has 0 radical (unpaired) electrons. The summed E-state index contributed by atoms with van der Waals surface area (Å²) in [6.07, 6.45) is 1.52. The molecule has 0 aliphatic heterocycles. The SMILES string of the molecule is C.O=C(Nc1cccc(OCc2ccccc2)c1)Nc1ccnc(Cl)c1. The Morgan fingerprint density at radius 2 is 1.69 bits per heavy atom.